The van der Waals surface area contributed by atoms with Crippen molar-refractivity contribution in [1.82, 2.24) is 0 Å². The minimum absolute atomic E-state index is 0.109. The third-order valence-electron chi connectivity index (χ3n) is 2.43. The Kier molecular flexibility index (Phi) is 6.36. The van der Waals surface area contributed by atoms with Crippen LogP contribution >= 0.6 is 0 Å². The van der Waals surface area contributed by atoms with Gasteiger partial charge in [-0.05, 0) is 18.6 Å². The monoisotopic (exact) mass is 262 g/mol. The summed E-state index contributed by atoms with van der Waals surface area (Å²) in [4.78, 5) is 23.6. The number of hydrogen-bond donors (Lipinski definition) is 0. The molecule has 0 bridgehead atoms. The summed E-state index contributed by atoms with van der Waals surface area (Å²) in [6, 6.07) is 6.45. The van der Waals surface area contributed by atoms with Crippen LogP contribution in [0.15, 0.2) is 36.9 Å². The molecule has 4 heteroatoms. The molecular formula is C15H18O4. The van der Waals surface area contributed by atoms with Gasteiger partial charge >= 0.3 is 11.9 Å². The van der Waals surface area contributed by atoms with Crippen LogP contribution in [-0.2, 0) is 9.47 Å². The number of benzene rings is 1. The smallest absolute Gasteiger partial charge is 0.339 e. The maximum absolute atomic E-state index is 11.9. The van der Waals surface area contributed by atoms with E-state index in [-0.39, 0.29) is 17.7 Å². The summed E-state index contributed by atoms with van der Waals surface area (Å²) in [5, 5.41) is 0. The van der Waals surface area contributed by atoms with Crippen LogP contribution in [0.2, 0.25) is 0 Å². The van der Waals surface area contributed by atoms with Gasteiger partial charge in [-0.1, -0.05) is 38.1 Å². The molecule has 0 atom stereocenters. The zero-order chi connectivity index (χ0) is 14.1. The third kappa shape index (κ3) is 4.58. The predicted molar refractivity (Wildman–Crippen MR) is 72.1 cm³/mol. The number of carbonyl (C=O) groups excluding carboxylic acids is 2. The Morgan fingerprint density at radius 2 is 1.74 bits per heavy atom. The van der Waals surface area contributed by atoms with Crippen molar-refractivity contribution in [2.75, 3.05) is 13.2 Å². The van der Waals surface area contributed by atoms with Gasteiger partial charge in [-0.15, -0.1) is 0 Å². The second-order valence-electron chi connectivity index (χ2n) is 3.92. The van der Waals surface area contributed by atoms with E-state index >= 15 is 0 Å². The first-order chi connectivity index (χ1) is 9.20. The summed E-state index contributed by atoms with van der Waals surface area (Å²) in [5.41, 5.74) is 0.443. The Balaban J connectivity index is 2.79. The van der Waals surface area contributed by atoms with Crippen LogP contribution < -0.4 is 0 Å². The van der Waals surface area contributed by atoms with E-state index in [0.29, 0.717) is 6.61 Å². The first-order valence-corrected chi connectivity index (χ1v) is 6.24. The second-order valence-corrected chi connectivity index (χ2v) is 3.92. The van der Waals surface area contributed by atoms with Gasteiger partial charge in [0.05, 0.1) is 17.7 Å². The number of carbonyl (C=O) groups is 2. The second kappa shape index (κ2) is 8.08. The lowest BCUT2D eigenvalue weighted by molar-refractivity contribution is 0.0471. The molecule has 1 rings (SSSR count). The molecule has 0 saturated carbocycles. The zero-order valence-corrected chi connectivity index (χ0v) is 11.1. The average Bonchev–Trinajstić information content (AvgIpc) is 2.45. The number of unbranched alkanes of at least 4 members (excludes halogenated alkanes) is 1. The molecule has 0 fully saturated rings. The fourth-order valence-corrected chi connectivity index (χ4v) is 1.44. The van der Waals surface area contributed by atoms with Gasteiger partial charge in [-0.25, -0.2) is 9.59 Å². The Morgan fingerprint density at radius 3 is 2.26 bits per heavy atom. The summed E-state index contributed by atoms with van der Waals surface area (Å²) >= 11 is 0. The van der Waals surface area contributed by atoms with E-state index in [0.717, 1.165) is 12.8 Å². The van der Waals surface area contributed by atoms with E-state index in [1.165, 1.54) is 6.08 Å². The topological polar surface area (TPSA) is 52.6 Å². The molecule has 0 aliphatic carbocycles. The predicted octanol–water partition coefficient (Wildman–Crippen LogP) is 2.99. The van der Waals surface area contributed by atoms with Crippen LogP contribution in [0.25, 0.3) is 0 Å². The van der Waals surface area contributed by atoms with Crippen LogP contribution in [0.3, 0.4) is 0 Å². The molecule has 0 aliphatic heterocycles. The molecule has 1 aromatic rings. The van der Waals surface area contributed by atoms with Gasteiger partial charge in [0.1, 0.15) is 6.61 Å². The molecule has 4 nitrogen and oxygen atoms in total. The highest BCUT2D eigenvalue weighted by atomic mass is 16.5. The average molecular weight is 262 g/mol. The Hall–Kier alpha value is -2.10. The molecule has 1 aromatic carbocycles. The largest absolute Gasteiger partial charge is 0.462 e. The molecule has 0 saturated heterocycles. The molecule has 0 aliphatic rings. The molecule has 0 unspecified atom stereocenters. The molecule has 0 N–H and O–H groups in total. The van der Waals surface area contributed by atoms with Crippen LogP contribution in [0.5, 0.6) is 0 Å². The van der Waals surface area contributed by atoms with Crippen molar-refractivity contribution in [2.24, 2.45) is 0 Å². The van der Waals surface area contributed by atoms with Crippen molar-refractivity contribution in [2.45, 2.75) is 19.8 Å². The molecule has 102 valence electrons. The van der Waals surface area contributed by atoms with Crippen molar-refractivity contribution in [3.8, 4) is 0 Å². The first kappa shape index (κ1) is 15.0. The number of hydrogen-bond acceptors (Lipinski definition) is 4. The summed E-state index contributed by atoms with van der Waals surface area (Å²) < 4.78 is 10.0. The third-order valence-corrected chi connectivity index (χ3v) is 2.43. The highest BCUT2D eigenvalue weighted by Crippen LogP contribution is 2.12. The molecule has 0 radical (unpaired) electrons. The summed E-state index contributed by atoms with van der Waals surface area (Å²) in [6.07, 6.45) is 3.21. The van der Waals surface area contributed by atoms with Crippen LogP contribution in [0.1, 0.15) is 40.5 Å². The van der Waals surface area contributed by atoms with E-state index in [4.69, 9.17) is 9.47 Å². The maximum atomic E-state index is 11.9. The molecule has 0 aromatic heterocycles. The van der Waals surface area contributed by atoms with E-state index in [1.54, 1.807) is 24.3 Å². The highest BCUT2D eigenvalue weighted by molar-refractivity contribution is 6.03. The zero-order valence-electron chi connectivity index (χ0n) is 11.1. The van der Waals surface area contributed by atoms with E-state index in [2.05, 4.69) is 6.58 Å². The van der Waals surface area contributed by atoms with Gasteiger partial charge in [0.15, 0.2) is 0 Å². The molecule has 0 spiro atoms. The van der Waals surface area contributed by atoms with E-state index < -0.39 is 11.9 Å². The summed E-state index contributed by atoms with van der Waals surface area (Å²) in [6.45, 7) is 5.93. The fraction of sp³-hybridized carbons (Fsp3) is 0.333. The van der Waals surface area contributed by atoms with Crippen molar-refractivity contribution in [1.29, 1.82) is 0 Å². The van der Waals surface area contributed by atoms with Crippen molar-refractivity contribution < 1.29 is 19.1 Å². The van der Waals surface area contributed by atoms with E-state index in [1.807, 2.05) is 6.92 Å². The number of esters is 2. The Bertz CT molecular complexity index is 451. The lowest BCUT2D eigenvalue weighted by Crippen LogP contribution is -2.14. The maximum Gasteiger partial charge on any atom is 0.339 e. The standard InChI is InChI=1S/C15H18O4/c1-3-5-11-19-15(17)13-9-7-6-8-12(13)14(16)18-10-4-2/h4,6-9H,2-3,5,10-11H2,1H3. The highest BCUT2D eigenvalue weighted by Gasteiger charge is 2.18. The quantitative estimate of drug-likeness (QED) is 0.430. The van der Waals surface area contributed by atoms with Gasteiger partial charge in [0, 0.05) is 0 Å². The van der Waals surface area contributed by atoms with Crippen molar-refractivity contribution >= 4 is 11.9 Å². The number of rotatable bonds is 7. The van der Waals surface area contributed by atoms with Gasteiger partial charge in [-0.2, -0.15) is 0 Å². The lowest BCUT2D eigenvalue weighted by atomic mass is 10.1. The minimum Gasteiger partial charge on any atom is -0.462 e. The first-order valence-electron chi connectivity index (χ1n) is 6.24. The summed E-state index contributed by atoms with van der Waals surface area (Å²) in [5.74, 6) is -1.05. The Morgan fingerprint density at radius 1 is 1.16 bits per heavy atom. The molecule has 0 amide bonds. The van der Waals surface area contributed by atoms with Gasteiger partial charge < -0.3 is 9.47 Å². The SMILES string of the molecule is C=CCOC(=O)c1ccccc1C(=O)OCCCC. The van der Waals surface area contributed by atoms with Crippen molar-refractivity contribution in [3.05, 3.63) is 48.0 Å². The van der Waals surface area contributed by atoms with Crippen molar-refractivity contribution in [3.63, 3.8) is 0 Å². The minimum atomic E-state index is -0.553. The molecule has 0 heterocycles. The fourth-order valence-electron chi connectivity index (χ4n) is 1.44. The van der Waals surface area contributed by atoms with E-state index in [9.17, 15) is 9.59 Å². The molecular weight excluding hydrogens is 244 g/mol. The number of ether oxygens (including phenoxy) is 2. The molecule has 19 heavy (non-hydrogen) atoms. The summed E-state index contributed by atoms with van der Waals surface area (Å²) in [7, 11) is 0. The normalized spacial score (nSPS) is 9.74. The van der Waals surface area contributed by atoms with Gasteiger partial charge in [0.25, 0.3) is 0 Å². The van der Waals surface area contributed by atoms with Crippen LogP contribution in [0.4, 0.5) is 0 Å². The Labute approximate surface area is 113 Å². The van der Waals surface area contributed by atoms with Gasteiger partial charge in [0.2, 0.25) is 0 Å². The van der Waals surface area contributed by atoms with Crippen LogP contribution in [0, 0.1) is 0 Å². The van der Waals surface area contributed by atoms with Crippen LogP contribution in [-0.4, -0.2) is 25.2 Å². The van der Waals surface area contributed by atoms with Gasteiger partial charge in [-0.3, -0.25) is 0 Å². The lowest BCUT2D eigenvalue weighted by Gasteiger charge is -2.08.